The number of hydrogen-bond acceptors (Lipinski definition) is 6. The van der Waals surface area contributed by atoms with Crippen LogP contribution in [0.1, 0.15) is 27.0 Å². The number of carbonyl (C=O) groups is 2. The van der Waals surface area contributed by atoms with E-state index in [-0.39, 0.29) is 17.2 Å². The molecule has 2 aromatic rings. The molecule has 0 spiro atoms. The Morgan fingerprint density at radius 3 is 2.00 bits per heavy atom. The van der Waals surface area contributed by atoms with Gasteiger partial charge in [-0.25, -0.2) is 9.59 Å². The van der Waals surface area contributed by atoms with Crippen molar-refractivity contribution in [3.8, 4) is 0 Å². The maximum atomic E-state index is 13.0. The SMILES string of the molecule is COC(=O)c1ccc(C(Cl)(C(=O)OC)c2ccc(C(F)(F)F)cc2[N+](=O)[O-])cc1. The molecule has 0 heterocycles. The summed E-state index contributed by atoms with van der Waals surface area (Å²) in [5, 5.41) is 11.4. The summed E-state index contributed by atoms with van der Waals surface area (Å²) in [5.74, 6) is -1.84. The first kappa shape index (κ1) is 22.2. The lowest BCUT2D eigenvalue weighted by atomic mass is 9.88. The van der Waals surface area contributed by atoms with Crippen LogP contribution in [0.4, 0.5) is 18.9 Å². The molecule has 0 saturated carbocycles. The summed E-state index contributed by atoms with van der Waals surface area (Å²) in [4.78, 5) is 32.1. The summed E-state index contributed by atoms with van der Waals surface area (Å²) in [7, 11) is 2.13. The molecule has 0 aliphatic rings. The summed E-state index contributed by atoms with van der Waals surface area (Å²) < 4.78 is 48.1. The van der Waals surface area contributed by atoms with Crippen molar-refractivity contribution in [2.75, 3.05) is 14.2 Å². The molecule has 7 nitrogen and oxygen atoms in total. The number of benzene rings is 2. The minimum absolute atomic E-state index is 0.0541. The van der Waals surface area contributed by atoms with Crippen LogP contribution in [0.2, 0.25) is 0 Å². The van der Waals surface area contributed by atoms with E-state index >= 15 is 0 Å². The third kappa shape index (κ3) is 4.16. The predicted molar refractivity (Wildman–Crippen MR) is 94.5 cm³/mol. The number of carbonyl (C=O) groups excluding carboxylic acids is 2. The molecule has 0 aliphatic heterocycles. The number of esters is 2. The van der Waals surface area contributed by atoms with Gasteiger partial charge in [-0.1, -0.05) is 23.7 Å². The fourth-order valence-electron chi connectivity index (χ4n) is 2.63. The number of nitro groups is 1. The molecule has 29 heavy (non-hydrogen) atoms. The zero-order valence-electron chi connectivity index (χ0n) is 15.0. The molecule has 0 fully saturated rings. The molecule has 0 aliphatic carbocycles. The molecule has 1 unspecified atom stereocenters. The molecule has 2 aromatic carbocycles. The molecule has 154 valence electrons. The molecule has 0 saturated heterocycles. The third-order valence-electron chi connectivity index (χ3n) is 4.06. The fourth-order valence-corrected chi connectivity index (χ4v) is 2.99. The Morgan fingerprint density at radius 1 is 1.00 bits per heavy atom. The number of hydrogen-bond donors (Lipinski definition) is 0. The standard InChI is InChI=1S/C18H13ClF3NO6/c1-28-15(24)10-3-5-11(6-4-10)17(19,16(25)29-2)13-8-7-12(18(20,21)22)9-14(13)23(26)27/h3-9H,1-2H3. The van der Waals surface area contributed by atoms with Gasteiger partial charge in [-0.15, -0.1) is 0 Å². The van der Waals surface area contributed by atoms with Crippen LogP contribution < -0.4 is 0 Å². The summed E-state index contributed by atoms with van der Waals surface area (Å²) in [5.41, 5.74) is -2.77. The number of nitrogens with zero attached hydrogens (tertiary/aromatic N) is 1. The third-order valence-corrected chi connectivity index (χ3v) is 4.64. The van der Waals surface area contributed by atoms with Crippen LogP contribution in [-0.2, 0) is 25.3 Å². The second-order valence-electron chi connectivity index (χ2n) is 5.71. The lowest BCUT2D eigenvalue weighted by molar-refractivity contribution is -0.386. The molecule has 1 atom stereocenters. The first-order valence-corrected chi connectivity index (χ1v) is 8.17. The number of nitro benzene ring substituents is 1. The molecule has 11 heteroatoms. The van der Waals surface area contributed by atoms with Gasteiger partial charge in [-0.05, 0) is 29.8 Å². The smallest absolute Gasteiger partial charge is 0.416 e. The monoisotopic (exact) mass is 431 g/mol. The highest BCUT2D eigenvalue weighted by Crippen LogP contribution is 2.44. The van der Waals surface area contributed by atoms with Crippen molar-refractivity contribution >= 4 is 29.2 Å². The molecule has 0 N–H and O–H groups in total. The fraction of sp³-hybridized carbons (Fsp3) is 0.222. The number of halogens is 4. The summed E-state index contributed by atoms with van der Waals surface area (Å²) >= 11 is 6.45. The van der Waals surface area contributed by atoms with Gasteiger partial charge in [-0.3, -0.25) is 10.1 Å². The Morgan fingerprint density at radius 2 is 1.55 bits per heavy atom. The first-order chi connectivity index (χ1) is 13.5. The van der Waals surface area contributed by atoms with Gasteiger partial charge >= 0.3 is 18.1 Å². The zero-order chi connectivity index (χ0) is 22.0. The quantitative estimate of drug-likeness (QED) is 0.306. The van der Waals surface area contributed by atoms with Crippen molar-refractivity contribution in [1.29, 1.82) is 0 Å². The van der Waals surface area contributed by atoms with E-state index in [9.17, 15) is 32.9 Å². The topological polar surface area (TPSA) is 95.7 Å². The Balaban J connectivity index is 2.74. The summed E-state index contributed by atoms with van der Waals surface area (Å²) in [6.45, 7) is 0. The van der Waals surface area contributed by atoms with Crippen molar-refractivity contribution < 1.29 is 37.2 Å². The summed E-state index contributed by atoms with van der Waals surface area (Å²) in [6, 6.07) is 6.55. The normalized spacial score (nSPS) is 13.3. The van der Waals surface area contributed by atoms with Crippen LogP contribution in [0.25, 0.3) is 0 Å². The number of rotatable bonds is 5. The van der Waals surface area contributed by atoms with E-state index in [1.807, 2.05) is 0 Å². The van der Waals surface area contributed by atoms with Crippen LogP contribution in [-0.4, -0.2) is 31.1 Å². The molecule has 2 rings (SSSR count). The molecule has 0 bridgehead atoms. The molecular weight excluding hydrogens is 419 g/mol. The highest BCUT2D eigenvalue weighted by Gasteiger charge is 2.47. The van der Waals surface area contributed by atoms with Crippen LogP contribution in [0, 0.1) is 10.1 Å². The van der Waals surface area contributed by atoms with Crippen LogP contribution in [0.15, 0.2) is 42.5 Å². The Labute approximate surface area is 167 Å². The number of alkyl halides is 4. The average molecular weight is 432 g/mol. The van der Waals surface area contributed by atoms with Gasteiger partial charge in [0.2, 0.25) is 0 Å². The minimum atomic E-state index is -4.84. The second-order valence-corrected chi connectivity index (χ2v) is 6.27. The van der Waals surface area contributed by atoms with E-state index in [2.05, 4.69) is 9.47 Å². The molecular formula is C18H13ClF3NO6. The largest absolute Gasteiger partial charge is 0.467 e. The van der Waals surface area contributed by atoms with Gasteiger partial charge in [0, 0.05) is 6.07 Å². The van der Waals surface area contributed by atoms with Crippen LogP contribution in [0.5, 0.6) is 0 Å². The van der Waals surface area contributed by atoms with E-state index in [1.54, 1.807) is 0 Å². The number of ether oxygens (including phenoxy) is 2. The maximum Gasteiger partial charge on any atom is 0.416 e. The highest BCUT2D eigenvalue weighted by molar-refractivity contribution is 6.36. The van der Waals surface area contributed by atoms with E-state index < -0.39 is 44.7 Å². The first-order valence-electron chi connectivity index (χ1n) is 7.79. The minimum Gasteiger partial charge on any atom is -0.467 e. The predicted octanol–water partition coefficient (Wildman–Crippen LogP) is 4.06. The van der Waals surface area contributed by atoms with Crippen molar-refractivity contribution in [2.24, 2.45) is 0 Å². The van der Waals surface area contributed by atoms with Gasteiger partial charge in [0.15, 0.2) is 4.87 Å². The zero-order valence-corrected chi connectivity index (χ0v) is 15.7. The van der Waals surface area contributed by atoms with Gasteiger partial charge in [-0.2, -0.15) is 13.2 Å². The molecule has 0 radical (unpaired) electrons. The van der Waals surface area contributed by atoms with Crippen molar-refractivity contribution in [3.63, 3.8) is 0 Å². The van der Waals surface area contributed by atoms with E-state index in [0.29, 0.717) is 6.07 Å². The summed E-state index contributed by atoms with van der Waals surface area (Å²) in [6.07, 6.45) is -4.84. The Hall–Kier alpha value is -3.14. The molecule has 0 amide bonds. The van der Waals surface area contributed by atoms with Crippen molar-refractivity contribution in [2.45, 2.75) is 11.1 Å². The van der Waals surface area contributed by atoms with Gasteiger partial charge in [0.05, 0.1) is 35.8 Å². The van der Waals surface area contributed by atoms with E-state index in [4.69, 9.17) is 11.6 Å². The maximum absolute atomic E-state index is 13.0. The van der Waals surface area contributed by atoms with Crippen LogP contribution >= 0.6 is 11.6 Å². The highest BCUT2D eigenvalue weighted by atomic mass is 35.5. The van der Waals surface area contributed by atoms with Gasteiger partial charge in [0.25, 0.3) is 5.69 Å². The Bertz CT molecular complexity index is 961. The number of methoxy groups -OCH3 is 2. The molecule has 0 aromatic heterocycles. The van der Waals surface area contributed by atoms with Gasteiger partial charge in [0.1, 0.15) is 0 Å². The van der Waals surface area contributed by atoms with E-state index in [1.165, 1.54) is 24.3 Å². The van der Waals surface area contributed by atoms with Gasteiger partial charge < -0.3 is 9.47 Å². The lowest BCUT2D eigenvalue weighted by Gasteiger charge is -2.25. The Kier molecular flexibility index (Phi) is 6.17. The second kappa shape index (κ2) is 8.08. The van der Waals surface area contributed by atoms with Crippen molar-refractivity contribution in [3.05, 3.63) is 74.8 Å². The van der Waals surface area contributed by atoms with E-state index in [0.717, 1.165) is 20.3 Å². The lowest BCUT2D eigenvalue weighted by Crippen LogP contribution is -2.33. The average Bonchev–Trinajstić information content (AvgIpc) is 2.70. The van der Waals surface area contributed by atoms with Crippen molar-refractivity contribution in [1.82, 2.24) is 0 Å². The van der Waals surface area contributed by atoms with Crippen LogP contribution in [0.3, 0.4) is 0 Å².